The first-order valence-electron chi connectivity index (χ1n) is 9.71. The fourth-order valence-electron chi connectivity index (χ4n) is 4.47. The molecule has 5 nitrogen and oxygen atoms in total. The Morgan fingerprint density at radius 1 is 1.16 bits per heavy atom. The van der Waals surface area contributed by atoms with Crippen molar-refractivity contribution in [2.75, 3.05) is 32.8 Å². The standard InChI is InChI=1S/C20H29N3O2/c24-20(21-12-18-14-22-10-4-8-17(22)15-25-18)19-9-5-11-23(19)13-16-6-2-1-3-7-16/h1-3,6-7,17-19H,4-5,8-15H2,(H,21,24)/t17-,18-,19-/m1/s1. The molecule has 0 aliphatic carbocycles. The summed E-state index contributed by atoms with van der Waals surface area (Å²) in [7, 11) is 0. The normalized spacial score (nSPS) is 30.3. The van der Waals surface area contributed by atoms with Crippen LogP contribution in [-0.2, 0) is 16.1 Å². The predicted molar refractivity (Wildman–Crippen MR) is 97.2 cm³/mol. The summed E-state index contributed by atoms with van der Waals surface area (Å²) in [6, 6.07) is 11.0. The van der Waals surface area contributed by atoms with Gasteiger partial charge in [-0.15, -0.1) is 0 Å². The van der Waals surface area contributed by atoms with Crippen LogP contribution in [0.15, 0.2) is 30.3 Å². The van der Waals surface area contributed by atoms with Gasteiger partial charge in [-0.2, -0.15) is 0 Å². The van der Waals surface area contributed by atoms with Crippen LogP contribution < -0.4 is 5.32 Å². The molecule has 0 bridgehead atoms. The molecule has 3 atom stereocenters. The average Bonchev–Trinajstić information content (AvgIpc) is 3.29. The molecule has 25 heavy (non-hydrogen) atoms. The van der Waals surface area contributed by atoms with Crippen LogP contribution >= 0.6 is 0 Å². The van der Waals surface area contributed by atoms with Crippen LogP contribution in [0.4, 0.5) is 0 Å². The highest BCUT2D eigenvalue weighted by atomic mass is 16.5. The zero-order valence-corrected chi connectivity index (χ0v) is 14.9. The smallest absolute Gasteiger partial charge is 0.237 e. The second kappa shape index (κ2) is 7.85. The van der Waals surface area contributed by atoms with Crippen molar-refractivity contribution in [3.05, 3.63) is 35.9 Å². The monoisotopic (exact) mass is 343 g/mol. The number of hydrogen-bond acceptors (Lipinski definition) is 4. The molecule has 0 unspecified atom stereocenters. The summed E-state index contributed by atoms with van der Waals surface area (Å²) in [5.74, 6) is 0.167. The molecule has 0 spiro atoms. The van der Waals surface area contributed by atoms with Gasteiger partial charge < -0.3 is 10.1 Å². The Kier molecular flexibility index (Phi) is 5.34. The second-order valence-corrected chi connectivity index (χ2v) is 7.61. The van der Waals surface area contributed by atoms with E-state index < -0.39 is 0 Å². The zero-order valence-electron chi connectivity index (χ0n) is 14.9. The van der Waals surface area contributed by atoms with Crippen LogP contribution in [0.25, 0.3) is 0 Å². The molecule has 5 heteroatoms. The molecular formula is C20H29N3O2. The van der Waals surface area contributed by atoms with Crippen molar-refractivity contribution in [1.82, 2.24) is 15.1 Å². The maximum Gasteiger partial charge on any atom is 0.237 e. The van der Waals surface area contributed by atoms with Crippen molar-refractivity contribution in [3.63, 3.8) is 0 Å². The topological polar surface area (TPSA) is 44.8 Å². The van der Waals surface area contributed by atoms with Crippen LogP contribution in [0.1, 0.15) is 31.2 Å². The lowest BCUT2D eigenvalue weighted by Crippen LogP contribution is -2.52. The van der Waals surface area contributed by atoms with Crippen molar-refractivity contribution >= 4 is 5.91 Å². The lowest BCUT2D eigenvalue weighted by molar-refractivity contribution is -0.127. The zero-order chi connectivity index (χ0) is 17.1. The Labute approximate surface area is 150 Å². The quantitative estimate of drug-likeness (QED) is 0.883. The average molecular weight is 343 g/mol. The summed E-state index contributed by atoms with van der Waals surface area (Å²) in [5, 5.41) is 3.16. The fraction of sp³-hybridized carbons (Fsp3) is 0.650. The molecule has 1 aromatic carbocycles. The van der Waals surface area contributed by atoms with Gasteiger partial charge in [0.05, 0.1) is 18.8 Å². The van der Waals surface area contributed by atoms with Crippen molar-refractivity contribution in [2.24, 2.45) is 0 Å². The van der Waals surface area contributed by atoms with Gasteiger partial charge in [0, 0.05) is 25.7 Å². The second-order valence-electron chi connectivity index (χ2n) is 7.61. The summed E-state index contributed by atoms with van der Waals surface area (Å²) in [6.45, 7) is 5.47. The fourth-order valence-corrected chi connectivity index (χ4v) is 4.47. The van der Waals surface area contributed by atoms with Gasteiger partial charge in [-0.1, -0.05) is 30.3 Å². The van der Waals surface area contributed by atoms with Crippen molar-refractivity contribution in [2.45, 2.75) is 50.4 Å². The van der Waals surface area contributed by atoms with E-state index in [0.717, 1.165) is 39.1 Å². The number of morpholine rings is 1. The molecule has 3 heterocycles. The number of carbonyl (C=O) groups is 1. The molecule has 4 rings (SSSR count). The molecule has 1 N–H and O–H groups in total. The SMILES string of the molecule is O=C(NC[C@@H]1CN2CCC[C@@H]2CO1)[C@H]1CCCN1Cc1ccccc1. The van der Waals surface area contributed by atoms with Gasteiger partial charge in [-0.25, -0.2) is 0 Å². The number of likely N-dealkylation sites (tertiary alicyclic amines) is 1. The maximum absolute atomic E-state index is 12.7. The van der Waals surface area contributed by atoms with E-state index in [2.05, 4.69) is 39.4 Å². The Morgan fingerprint density at radius 3 is 2.88 bits per heavy atom. The van der Waals surface area contributed by atoms with E-state index in [4.69, 9.17) is 4.74 Å². The minimum atomic E-state index is 0.00309. The summed E-state index contributed by atoms with van der Waals surface area (Å²) >= 11 is 0. The first kappa shape index (κ1) is 17.0. The number of nitrogens with one attached hydrogen (secondary N) is 1. The molecule has 3 saturated heterocycles. The minimum Gasteiger partial charge on any atom is -0.373 e. The highest BCUT2D eigenvalue weighted by Crippen LogP contribution is 2.23. The molecule has 0 aromatic heterocycles. The number of ether oxygens (including phenoxy) is 1. The van der Waals surface area contributed by atoms with Gasteiger partial charge in [-0.3, -0.25) is 14.6 Å². The molecular weight excluding hydrogens is 314 g/mol. The minimum absolute atomic E-state index is 0.00309. The Morgan fingerprint density at radius 2 is 2.00 bits per heavy atom. The number of rotatable bonds is 5. The third kappa shape index (κ3) is 4.05. The van der Waals surface area contributed by atoms with Gasteiger partial charge in [0.15, 0.2) is 0 Å². The third-order valence-corrected chi connectivity index (χ3v) is 5.86. The van der Waals surface area contributed by atoms with Crippen molar-refractivity contribution < 1.29 is 9.53 Å². The van der Waals surface area contributed by atoms with Gasteiger partial charge in [0.25, 0.3) is 0 Å². The van der Waals surface area contributed by atoms with Gasteiger partial charge in [0.1, 0.15) is 0 Å². The van der Waals surface area contributed by atoms with Gasteiger partial charge >= 0.3 is 0 Å². The first-order valence-corrected chi connectivity index (χ1v) is 9.71. The number of benzene rings is 1. The summed E-state index contributed by atoms with van der Waals surface area (Å²) in [6.07, 6.45) is 4.74. The van der Waals surface area contributed by atoms with Crippen LogP contribution in [0, 0.1) is 0 Å². The predicted octanol–water partition coefficient (Wildman–Crippen LogP) is 1.63. The number of carbonyl (C=O) groups excluding carboxylic acids is 1. The molecule has 3 aliphatic rings. The summed E-state index contributed by atoms with van der Waals surface area (Å²) < 4.78 is 5.96. The first-order chi connectivity index (χ1) is 12.3. The maximum atomic E-state index is 12.7. The molecule has 1 amide bonds. The van der Waals surface area contributed by atoms with Crippen LogP contribution in [0.3, 0.4) is 0 Å². The summed E-state index contributed by atoms with van der Waals surface area (Å²) in [5.41, 5.74) is 1.28. The molecule has 3 aliphatic heterocycles. The van der Waals surface area contributed by atoms with Gasteiger partial charge in [-0.05, 0) is 44.3 Å². The number of hydrogen-bond donors (Lipinski definition) is 1. The molecule has 136 valence electrons. The third-order valence-electron chi connectivity index (χ3n) is 5.86. The van der Waals surface area contributed by atoms with E-state index in [1.807, 2.05) is 6.07 Å². The summed E-state index contributed by atoms with van der Waals surface area (Å²) in [4.78, 5) is 17.5. The van der Waals surface area contributed by atoms with Crippen LogP contribution in [0.2, 0.25) is 0 Å². The van der Waals surface area contributed by atoms with E-state index in [1.165, 1.54) is 24.9 Å². The van der Waals surface area contributed by atoms with Crippen molar-refractivity contribution in [3.8, 4) is 0 Å². The largest absolute Gasteiger partial charge is 0.373 e. The Balaban J connectivity index is 1.27. The van der Waals surface area contributed by atoms with Gasteiger partial charge in [0.2, 0.25) is 5.91 Å². The van der Waals surface area contributed by atoms with E-state index in [9.17, 15) is 4.79 Å². The van der Waals surface area contributed by atoms with Crippen LogP contribution in [0.5, 0.6) is 0 Å². The Hall–Kier alpha value is -1.43. The number of fused-ring (bicyclic) bond motifs is 1. The van der Waals surface area contributed by atoms with E-state index >= 15 is 0 Å². The molecule has 3 fully saturated rings. The highest BCUT2D eigenvalue weighted by molar-refractivity contribution is 5.82. The van der Waals surface area contributed by atoms with Crippen molar-refractivity contribution in [1.29, 1.82) is 0 Å². The van der Waals surface area contributed by atoms with Crippen LogP contribution in [-0.4, -0.2) is 66.7 Å². The number of nitrogens with zero attached hydrogens (tertiary/aromatic N) is 2. The van der Waals surface area contributed by atoms with E-state index in [-0.39, 0.29) is 18.1 Å². The van der Waals surface area contributed by atoms with E-state index in [1.54, 1.807) is 0 Å². The molecule has 0 saturated carbocycles. The lowest BCUT2D eigenvalue weighted by Gasteiger charge is -2.35. The molecule has 0 radical (unpaired) electrons. The highest BCUT2D eigenvalue weighted by Gasteiger charge is 2.34. The van der Waals surface area contributed by atoms with E-state index in [0.29, 0.717) is 12.6 Å². The number of amides is 1. The lowest BCUT2D eigenvalue weighted by atomic mass is 10.1. The Bertz CT molecular complexity index is 580. The molecule has 1 aromatic rings.